The number of nitrogens with zero attached hydrogens (tertiary/aromatic N) is 2. The number of pyridine rings is 3. The summed E-state index contributed by atoms with van der Waals surface area (Å²) in [5.74, 6) is 0.780. The standard InChI is InChI=1S/C31H24F2N4O3/c1-31(33)11-7-18(8-12-31)22-17-36-24-9-13-35-30(28(24)29(22)38)37-19-3-6-27(23(32)15-19)40-26-10-14-34-25-16-20(39-2)4-5-21(25)26/h3-11,13-17H,12H2,1-2H3,(H,35,37)(H,36,38). The van der Waals surface area contributed by atoms with Crippen LogP contribution in [-0.2, 0) is 0 Å². The molecule has 9 heteroatoms. The van der Waals surface area contributed by atoms with E-state index in [1.807, 2.05) is 0 Å². The van der Waals surface area contributed by atoms with Crippen LogP contribution in [0.25, 0.3) is 27.4 Å². The Balaban J connectivity index is 1.30. The number of H-pyrrole nitrogens is 1. The fraction of sp³-hybridized carbons (Fsp3) is 0.129. The number of aromatic nitrogens is 3. The van der Waals surface area contributed by atoms with E-state index in [2.05, 4.69) is 20.3 Å². The van der Waals surface area contributed by atoms with Crippen molar-refractivity contribution < 1.29 is 18.3 Å². The Morgan fingerprint density at radius 3 is 2.67 bits per heavy atom. The van der Waals surface area contributed by atoms with E-state index < -0.39 is 11.5 Å². The number of ether oxygens (including phenoxy) is 2. The third kappa shape index (κ3) is 4.77. The van der Waals surface area contributed by atoms with E-state index in [0.29, 0.717) is 50.1 Å². The second-order valence-corrected chi connectivity index (χ2v) is 9.65. The maximum Gasteiger partial charge on any atom is 0.200 e. The van der Waals surface area contributed by atoms with Crippen LogP contribution in [0.3, 0.4) is 0 Å². The van der Waals surface area contributed by atoms with Crippen molar-refractivity contribution in [3.8, 4) is 17.2 Å². The fourth-order valence-corrected chi connectivity index (χ4v) is 4.61. The number of benzene rings is 2. The van der Waals surface area contributed by atoms with Crippen LogP contribution in [0.15, 0.2) is 90.1 Å². The molecule has 5 aromatic rings. The minimum absolute atomic E-state index is 0.0239. The van der Waals surface area contributed by atoms with Crippen LogP contribution in [-0.4, -0.2) is 27.7 Å². The van der Waals surface area contributed by atoms with Gasteiger partial charge in [0.1, 0.15) is 23.0 Å². The van der Waals surface area contributed by atoms with Crippen molar-refractivity contribution in [2.75, 3.05) is 12.4 Å². The zero-order chi connectivity index (χ0) is 27.9. The molecular weight excluding hydrogens is 514 g/mol. The normalized spacial score (nSPS) is 16.6. The molecule has 1 aliphatic rings. The Morgan fingerprint density at radius 2 is 1.90 bits per heavy atom. The zero-order valence-electron chi connectivity index (χ0n) is 21.7. The average Bonchev–Trinajstić information content (AvgIpc) is 2.95. The SMILES string of the molecule is COc1ccc2c(Oc3ccc(Nc4nccc5[nH]cc(C6=CCC(C)(F)C=C6)c(=O)c45)cc3F)ccnc2c1. The molecule has 0 spiro atoms. The molecule has 40 heavy (non-hydrogen) atoms. The maximum atomic E-state index is 15.2. The summed E-state index contributed by atoms with van der Waals surface area (Å²) in [6.07, 6.45) is 9.68. The zero-order valence-corrected chi connectivity index (χ0v) is 21.7. The number of allylic oxidation sites excluding steroid dienone is 4. The van der Waals surface area contributed by atoms with Crippen molar-refractivity contribution in [1.29, 1.82) is 0 Å². The predicted molar refractivity (Wildman–Crippen MR) is 152 cm³/mol. The highest BCUT2D eigenvalue weighted by atomic mass is 19.1. The molecule has 7 nitrogen and oxygen atoms in total. The number of hydrogen-bond acceptors (Lipinski definition) is 6. The van der Waals surface area contributed by atoms with Gasteiger partial charge in [-0.15, -0.1) is 0 Å². The summed E-state index contributed by atoms with van der Waals surface area (Å²) in [5, 5.41) is 4.07. The van der Waals surface area contributed by atoms with Gasteiger partial charge < -0.3 is 19.8 Å². The molecule has 3 heterocycles. The van der Waals surface area contributed by atoms with E-state index in [0.717, 1.165) is 0 Å². The molecule has 0 amide bonds. The van der Waals surface area contributed by atoms with E-state index in [-0.39, 0.29) is 23.4 Å². The Kier molecular flexibility index (Phi) is 6.26. The Labute approximate surface area is 227 Å². The third-order valence-corrected chi connectivity index (χ3v) is 6.76. The molecule has 0 bridgehead atoms. The summed E-state index contributed by atoms with van der Waals surface area (Å²) >= 11 is 0. The number of hydrogen-bond donors (Lipinski definition) is 2. The molecule has 2 aromatic carbocycles. The van der Waals surface area contributed by atoms with Crippen LogP contribution < -0.4 is 20.2 Å². The topological polar surface area (TPSA) is 89.1 Å². The Hall–Kier alpha value is -5.05. The molecule has 0 saturated carbocycles. The van der Waals surface area contributed by atoms with Crippen LogP contribution in [0.1, 0.15) is 18.9 Å². The molecule has 1 aliphatic carbocycles. The van der Waals surface area contributed by atoms with E-state index >= 15 is 4.39 Å². The van der Waals surface area contributed by atoms with E-state index in [1.54, 1.807) is 74.3 Å². The predicted octanol–water partition coefficient (Wildman–Crippen LogP) is 7.23. The van der Waals surface area contributed by atoms with Gasteiger partial charge in [0, 0.05) is 53.8 Å². The first-order valence-electron chi connectivity index (χ1n) is 12.6. The van der Waals surface area contributed by atoms with Crippen LogP contribution in [0.5, 0.6) is 17.2 Å². The molecular formula is C31H24F2N4O3. The highest BCUT2D eigenvalue weighted by Crippen LogP contribution is 2.34. The summed E-state index contributed by atoms with van der Waals surface area (Å²) in [6.45, 7) is 1.49. The second-order valence-electron chi connectivity index (χ2n) is 9.65. The van der Waals surface area contributed by atoms with Crippen LogP contribution in [0.2, 0.25) is 0 Å². The first-order valence-corrected chi connectivity index (χ1v) is 12.6. The highest BCUT2D eigenvalue weighted by Gasteiger charge is 2.23. The number of methoxy groups -OCH3 is 1. The molecule has 0 aliphatic heterocycles. The van der Waals surface area contributed by atoms with Crippen molar-refractivity contribution in [3.05, 3.63) is 107 Å². The second kappa shape index (κ2) is 9.92. The summed E-state index contributed by atoms with van der Waals surface area (Å²) in [7, 11) is 1.57. The van der Waals surface area contributed by atoms with Gasteiger partial charge in [-0.2, -0.15) is 0 Å². The van der Waals surface area contributed by atoms with Crippen molar-refractivity contribution >= 4 is 38.9 Å². The van der Waals surface area contributed by atoms with Gasteiger partial charge in [0.05, 0.1) is 23.5 Å². The van der Waals surface area contributed by atoms with Gasteiger partial charge in [-0.3, -0.25) is 9.78 Å². The summed E-state index contributed by atoms with van der Waals surface area (Å²) in [4.78, 5) is 25.3. The number of aromatic amines is 1. The van der Waals surface area contributed by atoms with Gasteiger partial charge in [0.25, 0.3) is 0 Å². The maximum absolute atomic E-state index is 15.2. The minimum atomic E-state index is -1.45. The first-order chi connectivity index (χ1) is 19.3. The lowest BCUT2D eigenvalue weighted by Gasteiger charge is -2.19. The molecule has 6 rings (SSSR count). The van der Waals surface area contributed by atoms with Crippen LogP contribution >= 0.6 is 0 Å². The number of halogens is 2. The fourth-order valence-electron chi connectivity index (χ4n) is 4.61. The summed E-state index contributed by atoms with van der Waals surface area (Å²) in [5.41, 5.74) is 0.895. The lowest BCUT2D eigenvalue weighted by Crippen LogP contribution is -2.17. The van der Waals surface area contributed by atoms with Gasteiger partial charge in [0.2, 0.25) is 5.43 Å². The molecule has 200 valence electrons. The summed E-state index contributed by atoms with van der Waals surface area (Å²) in [6, 6.07) is 13.1. The molecule has 1 unspecified atom stereocenters. The number of fused-ring (bicyclic) bond motifs is 2. The van der Waals surface area contributed by atoms with Crippen LogP contribution in [0.4, 0.5) is 20.3 Å². The van der Waals surface area contributed by atoms with Crippen molar-refractivity contribution in [3.63, 3.8) is 0 Å². The lowest BCUT2D eigenvalue weighted by molar-refractivity contribution is 0.260. The van der Waals surface area contributed by atoms with E-state index in [9.17, 15) is 9.18 Å². The highest BCUT2D eigenvalue weighted by molar-refractivity contribution is 5.93. The van der Waals surface area contributed by atoms with Gasteiger partial charge in [0.15, 0.2) is 11.6 Å². The quantitative estimate of drug-likeness (QED) is 0.237. The first kappa shape index (κ1) is 25.2. The van der Waals surface area contributed by atoms with Crippen LogP contribution in [0, 0.1) is 5.82 Å². The molecule has 0 fully saturated rings. The lowest BCUT2D eigenvalue weighted by atomic mass is 9.92. The molecule has 2 N–H and O–H groups in total. The van der Waals surface area contributed by atoms with Crippen molar-refractivity contribution in [1.82, 2.24) is 15.0 Å². The van der Waals surface area contributed by atoms with E-state index in [4.69, 9.17) is 9.47 Å². The van der Waals surface area contributed by atoms with Gasteiger partial charge in [-0.25, -0.2) is 13.8 Å². The Bertz CT molecular complexity index is 1900. The van der Waals surface area contributed by atoms with Gasteiger partial charge in [-0.1, -0.05) is 12.2 Å². The largest absolute Gasteiger partial charge is 0.497 e. The Morgan fingerprint density at radius 1 is 1.05 bits per heavy atom. The van der Waals surface area contributed by atoms with Crippen molar-refractivity contribution in [2.24, 2.45) is 0 Å². The number of anilines is 2. The average molecular weight is 539 g/mol. The molecule has 1 atom stereocenters. The van der Waals surface area contributed by atoms with Crippen molar-refractivity contribution in [2.45, 2.75) is 19.0 Å². The van der Waals surface area contributed by atoms with Gasteiger partial charge in [-0.05, 0) is 55.0 Å². The summed E-state index contributed by atoms with van der Waals surface area (Å²) < 4.78 is 40.5. The number of nitrogens with one attached hydrogen (secondary N) is 2. The molecule has 3 aromatic heterocycles. The van der Waals surface area contributed by atoms with Gasteiger partial charge >= 0.3 is 0 Å². The number of rotatable bonds is 6. The molecule has 0 saturated heterocycles. The number of alkyl halides is 1. The smallest absolute Gasteiger partial charge is 0.200 e. The van der Waals surface area contributed by atoms with E-state index in [1.165, 1.54) is 25.1 Å². The third-order valence-electron chi connectivity index (χ3n) is 6.76. The molecule has 0 radical (unpaired) electrons. The monoisotopic (exact) mass is 538 g/mol. The minimum Gasteiger partial charge on any atom is -0.497 e.